The van der Waals surface area contributed by atoms with Gasteiger partial charge in [-0.3, -0.25) is 0 Å². The van der Waals surface area contributed by atoms with Crippen LogP contribution in [-0.4, -0.2) is 31.1 Å². The highest BCUT2D eigenvalue weighted by Gasteiger charge is 2.46. The van der Waals surface area contributed by atoms with Crippen LogP contribution in [0.4, 0.5) is 0 Å². The minimum Gasteiger partial charge on any atom is -0.454 e. The van der Waals surface area contributed by atoms with Crippen molar-refractivity contribution in [3.8, 4) is 11.5 Å². The topological polar surface area (TPSA) is 54.0 Å². The highest BCUT2D eigenvalue weighted by molar-refractivity contribution is 5.73. The molecule has 4 rings (SSSR count). The molecule has 23 heavy (non-hydrogen) atoms. The Hall–Kier alpha value is -1.85. The molecule has 122 valence electrons. The Morgan fingerprint density at radius 2 is 2.04 bits per heavy atom. The van der Waals surface area contributed by atoms with E-state index >= 15 is 0 Å². The number of carbonyl (C=O) groups is 1. The summed E-state index contributed by atoms with van der Waals surface area (Å²) in [7, 11) is 0. The predicted octanol–water partition coefficient (Wildman–Crippen LogP) is 2.93. The molecule has 3 aliphatic rings. The second-order valence-corrected chi connectivity index (χ2v) is 6.68. The molecule has 2 aliphatic heterocycles. The molecule has 5 heteroatoms. The van der Waals surface area contributed by atoms with Crippen molar-refractivity contribution in [3.63, 3.8) is 0 Å². The average Bonchev–Trinajstić information content (AvgIpc) is 3.08. The van der Waals surface area contributed by atoms with E-state index in [1.807, 2.05) is 32.0 Å². The summed E-state index contributed by atoms with van der Waals surface area (Å²) in [5.74, 6) is 1.07. The molecular formula is C18H20O5. The molecule has 1 aliphatic carbocycles. The lowest BCUT2D eigenvalue weighted by atomic mass is 9.82. The van der Waals surface area contributed by atoms with Gasteiger partial charge in [-0.25, -0.2) is 0 Å². The molecular weight excluding hydrogens is 296 g/mol. The molecule has 3 atom stereocenters. The first-order valence-electron chi connectivity index (χ1n) is 7.97. The first kappa shape index (κ1) is 14.7. The third kappa shape index (κ3) is 2.64. The number of hydrogen-bond donors (Lipinski definition) is 0. The lowest BCUT2D eigenvalue weighted by molar-refractivity contribution is -0.143. The summed E-state index contributed by atoms with van der Waals surface area (Å²) in [4.78, 5) is 11.0. The van der Waals surface area contributed by atoms with Crippen LogP contribution in [0.15, 0.2) is 24.3 Å². The van der Waals surface area contributed by atoms with E-state index in [-0.39, 0.29) is 24.9 Å². The van der Waals surface area contributed by atoms with Crippen LogP contribution in [0.5, 0.6) is 11.5 Å². The third-order valence-electron chi connectivity index (χ3n) is 4.55. The summed E-state index contributed by atoms with van der Waals surface area (Å²) < 4.78 is 23.0. The normalized spacial score (nSPS) is 30.7. The van der Waals surface area contributed by atoms with E-state index in [2.05, 4.69) is 6.08 Å². The fraction of sp³-hybridized carbons (Fsp3) is 0.500. The smallest absolute Gasteiger partial charge is 0.231 e. The van der Waals surface area contributed by atoms with Crippen molar-refractivity contribution in [1.82, 2.24) is 0 Å². The number of hydrogen-bond acceptors (Lipinski definition) is 5. The van der Waals surface area contributed by atoms with Crippen LogP contribution >= 0.6 is 0 Å². The second kappa shape index (κ2) is 5.35. The lowest BCUT2D eigenvalue weighted by Gasteiger charge is -2.29. The van der Waals surface area contributed by atoms with Crippen molar-refractivity contribution in [1.29, 1.82) is 0 Å². The number of ether oxygens (including phenoxy) is 4. The van der Waals surface area contributed by atoms with Gasteiger partial charge in [0.15, 0.2) is 17.3 Å². The zero-order chi connectivity index (χ0) is 16.0. The van der Waals surface area contributed by atoms with Gasteiger partial charge >= 0.3 is 0 Å². The van der Waals surface area contributed by atoms with Gasteiger partial charge in [0, 0.05) is 6.42 Å². The molecule has 1 aromatic rings. The van der Waals surface area contributed by atoms with E-state index in [4.69, 9.17) is 18.9 Å². The summed E-state index contributed by atoms with van der Waals surface area (Å²) in [5.41, 5.74) is 2.10. The van der Waals surface area contributed by atoms with Gasteiger partial charge in [-0.05, 0) is 49.5 Å². The summed E-state index contributed by atoms with van der Waals surface area (Å²) in [6.45, 7) is 4.11. The van der Waals surface area contributed by atoms with Crippen molar-refractivity contribution in [2.24, 2.45) is 5.92 Å². The van der Waals surface area contributed by atoms with Crippen LogP contribution in [0.3, 0.4) is 0 Å². The van der Waals surface area contributed by atoms with Crippen molar-refractivity contribution in [2.45, 2.75) is 44.7 Å². The molecule has 0 saturated carbocycles. The van der Waals surface area contributed by atoms with Crippen molar-refractivity contribution in [3.05, 3.63) is 29.8 Å². The minimum absolute atomic E-state index is 0.0274. The summed E-state index contributed by atoms with van der Waals surface area (Å²) >= 11 is 0. The lowest BCUT2D eigenvalue weighted by Crippen LogP contribution is -2.31. The van der Waals surface area contributed by atoms with E-state index in [0.29, 0.717) is 6.42 Å². The number of fused-ring (bicyclic) bond motifs is 2. The monoisotopic (exact) mass is 316 g/mol. The number of aldehydes is 1. The summed E-state index contributed by atoms with van der Waals surface area (Å²) in [5, 5.41) is 0. The maximum atomic E-state index is 11.0. The molecule has 0 radical (unpaired) electrons. The Morgan fingerprint density at radius 3 is 2.87 bits per heavy atom. The molecule has 0 bridgehead atoms. The SMILES string of the molecule is CC1(C)O[C@H]2C[C@@H](CC=O)C=C(c3ccc4c(c3)OCO4)[C@H]2O1. The maximum absolute atomic E-state index is 11.0. The zero-order valence-electron chi connectivity index (χ0n) is 13.3. The Kier molecular flexibility index (Phi) is 3.43. The first-order valence-corrected chi connectivity index (χ1v) is 7.97. The second-order valence-electron chi connectivity index (χ2n) is 6.68. The van der Waals surface area contributed by atoms with E-state index in [1.165, 1.54) is 0 Å². The zero-order valence-corrected chi connectivity index (χ0v) is 13.3. The Balaban J connectivity index is 1.72. The fourth-order valence-electron chi connectivity index (χ4n) is 3.61. The van der Waals surface area contributed by atoms with Gasteiger partial charge in [0.1, 0.15) is 12.4 Å². The maximum Gasteiger partial charge on any atom is 0.231 e. The van der Waals surface area contributed by atoms with Gasteiger partial charge in [0.2, 0.25) is 6.79 Å². The van der Waals surface area contributed by atoms with Crippen molar-refractivity contribution >= 4 is 11.9 Å². The van der Waals surface area contributed by atoms with Crippen LogP contribution in [-0.2, 0) is 14.3 Å². The molecule has 0 amide bonds. The summed E-state index contributed by atoms with van der Waals surface area (Å²) in [6.07, 6.45) is 4.29. The Labute approximate surface area is 135 Å². The molecule has 0 aromatic heterocycles. The molecule has 0 unspecified atom stereocenters. The number of benzene rings is 1. The molecule has 2 heterocycles. The number of allylic oxidation sites excluding steroid dienone is 1. The highest BCUT2D eigenvalue weighted by atomic mass is 16.8. The van der Waals surface area contributed by atoms with Crippen LogP contribution in [0, 0.1) is 5.92 Å². The van der Waals surface area contributed by atoms with Crippen LogP contribution in [0.2, 0.25) is 0 Å². The van der Waals surface area contributed by atoms with E-state index in [1.54, 1.807) is 0 Å². The number of carbonyl (C=O) groups excluding carboxylic acids is 1. The molecule has 5 nitrogen and oxygen atoms in total. The molecule has 1 fully saturated rings. The van der Waals surface area contributed by atoms with Gasteiger partial charge in [-0.15, -0.1) is 0 Å². The van der Waals surface area contributed by atoms with E-state index in [9.17, 15) is 4.79 Å². The minimum atomic E-state index is -0.610. The first-order chi connectivity index (χ1) is 11.1. The van der Waals surface area contributed by atoms with Gasteiger partial charge in [-0.1, -0.05) is 12.1 Å². The third-order valence-corrected chi connectivity index (χ3v) is 4.55. The average molecular weight is 316 g/mol. The summed E-state index contributed by atoms with van der Waals surface area (Å²) in [6, 6.07) is 5.90. The molecule has 0 spiro atoms. The Bertz CT molecular complexity index is 663. The van der Waals surface area contributed by atoms with Crippen LogP contribution in [0.1, 0.15) is 32.3 Å². The van der Waals surface area contributed by atoms with Gasteiger partial charge in [0.05, 0.1) is 6.10 Å². The van der Waals surface area contributed by atoms with Crippen LogP contribution < -0.4 is 9.47 Å². The van der Waals surface area contributed by atoms with Gasteiger partial charge in [-0.2, -0.15) is 0 Å². The predicted molar refractivity (Wildman–Crippen MR) is 83.2 cm³/mol. The highest BCUT2D eigenvalue weighted by Crippen LogP contribution is 2.44. The number of rotatable bonds is 3. The molecule has 1 saturated heterocycles. The van der Waals surface area contributed by atoms with Crippen LogP contribution in [0.25, 0.3) is 5.57 Å². The van der Waals surface area contributed by atoms with Gasteiger partial charge in [0.25, 0.3) is 0 Å². The quantitative estimate of drug-likeness (QED) is 0.803. The van der Waals surface area contributed by atoms with E-state index < -0.39 is 5.79 Å². The van der Waals surface area contributed by atoms with E-state index in [0.717, 1.165) is 35.3 Å². The fourth-order valence-corrected chi connectivity index (χ4v) is 3.61. The Morgan fingerprint density at radius 1 is 1.22 bits per heavy atom. The largest absolute Gasteiger partial charge is 0.454 e. The van der Waals surface area contributed by atoms with Gasteiger partial charge < -0.3 is 23.7 Å². The van der Waals surface area contributed by atoms with Crippen molar-refractivity contribution in [2.75, 3.05) is 6.79 Å². The standard InChI is InChI=1S/C18H20O5/c1-18(2)22-16-8-11(5-6-19)7-13(17(16)23-18)12-3-4-14-15(9-12)21-10-20-14/h3-4,6-7,9,11,16-17H,5,8,10H2,1-2H3/t11-,16-,17+/m0/s1. The van der Waals surface area contributed by atoms with Crippen molar-refractivity contribution < 1.29 is 23.7 Å². The molecule has 1 aromatic carbocycles. The molecule has 0 N–H and O–H groups in total.